The molecule has 2 aliphatic heterocycles. The van der Waals surface area contributed by atoms with Crippen molar-refractivity contribution in [1.29, 1.82) is 0 Å². The van der Waals surface area contributed by atoms with E-state index in [4.69, 9.17) is 33.4 Å². The maximum absolute atomic E-state index is 6.78. The first-order valence-electron chi connectivity index (χ1n) is 11.9. The average Bonchev–Trinajstić information content (AvgIpc) is 3.34. The first kappa shape index (κ1) is 19.9. The van der Waals surface area contributed by atoms with Crippen molar-refractivity contribution in [2.24, 2.45) is 39.5 Å². The molecule has 3 spiro atoms. The van der Waals surface area contributed by atoms with E-state index in [1.54, 1.807) is 0 Å². The fraction of sp³-hybridized carbons (Fsp3) is 0.958. The summed E-state index contributed by atoms with van der Waals surface area (Å²) in [6, 6.07) is -0.0242. The molecule has 0 N–H and O–H groups in total. The Bertz CT molecular complexity index is 837. The van der Waals surface area contributed by atoms with Crippen LogP contribution in [-0.2, 0) is 28.4 Å². The summed E-state index contributed by atoms with van der Waals surface area (Å²) in [5.41, 5.74) is -1.30. The topological polar surface area (TPSA) is 67.7 Å². The van der Waals surface area contributed by atoms with Crippen molar-refractivity contribution >= 4 is 6.21 Å². The highest BCUT2D eigenvalue weighted by atomic mass is 16.7. The number of rotatable bonds is 4. The third kappa shape index (κ3) is 1.72. The molecule has 0 aromatic rings. The normalized spacial score (nSPS) is 64.6. The number of methoxy groups -OCH3 is 4. The second-order valence-electron chi connectivity index (χ2n) is 11.4. The summed E-state index contributed by atoms with van der Waals surface area (Å²) in [6.07, 6.45) is 6.45. The van der Waals surface area contributed by atoms with Crippen LogP contribution < -0.4 is 0 Å². The van der Waals surface area contributed by atoms with Gasteiger partial charge in [0.1, 0.15) is 18.0 Å². The monoisotopic (exact) mass is 433 g/mol. The number of nitrogens with zero attached hydrogens (tertiary/aromatic N) is 1. The minimum absolute atomic E-state index is 0.0242. The van der Waals surface area contributed by atoms with Gasteiger partial charge in [-0.3, -0.25) is 4.99 Å². The minimum Gasteiger partial charge on any atom is -0.381 e. The van der Waals surface area contributed by atoms with Gasteiger partial charge in [0.2, 0.25) is 0 Å². The molecular weight excluding hydrogens is 398 g/mol. The van der Waals surface area contributed by atoms with E-state index in [1.807, 2.05) is 28.4 Å². The lowest BCUT2D eigenvalue weighted by Crippen LogP contribution is -2.76. The van der Waals surface area contributed by atoms with Gasteiger partial charge in [0.25, 0.3) is 0 Å². The van der Waals surface area contributed by atoms with Crippen LogP contribution >= 0.6 is 0 Å². The Morgan fingerprint density at radius 2 is 1.87 bits per heavy atom. The van der Waals surface area contributed by atoms with Crippen molar-refractivity contribution in [3.8, 4) is 0 Å². The smallest absolute Gasteiger partial charge is 0.149 e. The summed E-state index contributed by atoms with van der Waals surface area (Å²) >= 11 is 0. The Hall–Kier alpha value is -0.570. The molecule has 172 valence electrons. The molecule has 1 saturated heterocycles. The predicted octanol–water partition coefficient (Wildman–Crippen LogP) is 2.07. The van der Waals surface area contributed by atoms with E-state index in [9.17, 15) is 0 Å². The molecule has 7 aliphatic rings. The highest BCUT2D eigenvalue weighted by Gasteiger charge is 2.92. The van der Waals surface area contributed by atoms with Crippen LogP contribution in [0.4, 0.5) is 0 Å². The van der Waals surface area contributed by atoms with Crippen molar-refractivity contribution in [2.45, 2.75) is 74.3 Å². The Labute approximate surface area is 184 Å². The third-order valence-corrected chi connectivity index (χ3v) is 11.2. The maximum atomic E-state index is 6.78. The van der Waals surface area contributed by atoms with E-state index >= 15 is 0 Å². The van der Waals surface area contributed by atoms with Gasteiger partial charge in [-0.2, -0.15) is 0 Å². The van der Waals surface area contributed by atoms with Gasteiger partial charge in [0.05, 0.1) is 30.5 Å². The van der Waals surface area contributed by atoms with E-state index < -0.39 is 11.2 Å². The molecule has 6 fully saturated rings. The molecule has 13 atom stereocenters. The van der Waals surface area contributed by atoms with Gasteiger partial charge in [-0.1, -0.05) is 6.92 Å². The van der Waals surface area contributed by atoms with E-state index in [0.717, 1.165) is 25.7 Å². The van der Waals surface area contributed by atoms with Crippen LogP contribution in [0.3, 0.4) is 0 Å². The summed E-state index contributed by atoms with van der Waals surface area (Å²) in [7, 11) is 7.42. The number of hydrogen-bond donors (Lipinski definition) is 0. The summed E-state index contributed by atoms with van der Waals surface area (Å²) in [4.78, 5) is 5.35. The van der Waals surface area contributed by atoms with E-state index in [0.29, 0.717) is 11.8 Å². The van der Waals surface area contributed by atoms with E-state index in [1.165, 1.54) is 0 Å². The molecule has 7 nitrogen and oxygen atoms in total. The molecule has 0 aromatic heterocycles. The molecule has 7 bridgehead atoms. The molecule has 7 heteroatoms. The molecule has 0 radical (unpaired) electrons. The molecule has 31 heavy (non-hydrogen) atoms. The molecule has 0 aromatic carbocycles. The summed E-state index contributed by atoms with van der Waals surface area (Å²) in [5, 5.41) is 0. The van der Waals surface area contributed by atoms with Gasteiger partial charge < -0.3 is 28.4 Å². The molecule has 5 saturated carbocycles. The van der Waals surface area contributed by atoms with E-state index in [-0.39, 0.29) is 59.9 Å². The van der Waals surface area contributed by atoms with E-state index in [2.05, 4.69) is 13.1 Å². The number of ether oxygens (including phenoxy) is 6. The molecule has 5 aliphatic carbocycles. The molecule has 0 unspecified atom stereocenters. The lowest BCUT2D eigenvalue weighted by molar-refractivity contribution is -0.246. The van der Waals surface area contributed by atoms with Gasteiger partial charge >= 0.3 is 0 Å². The van der Waals surface area contributed by atoms with Crippen molar-refractivity contribution in [3.63, 3.8) is 0 Å². The largest absolute Gasteiger partial charge is 0.381 e. The lowest BCUT2D eigenvalue weighted by Gasteiger charge is -2.64. The third-order valence-electron chi connectivity index (χ3n) is 11.2. The zero-order valence-electron chi connectivity index (χ0n) is 19.2. The molecule has 7 rings (SSSR count). The van der Waals surface area contributed by atoms with Gasteiger partial charge in [-0.05, 0) is 25.2 Å². The fourth-order valence-electron chi connectivity index (χ4n) is 10.7. The lowest BCUT2D eigenvalue weighted by atomic mass is 9.44. The van der Waals surface area contributed by atoms with Gasteiger partial charge in [0, 0.05) is 69.7 Å². The molecular formula is C24H35NO6. The zero-order valence-corrected chi connectivity index (χ0v) is 19.2. The minimum atomic E-state index is -0.633. The summed E-state index contributed by atoms with van der Waals surface area (Å²) < 4.78 is 38.7. The molecule has 2 heterocycles. The number of aliphatic imine (C=N–C) groups is 1. The SMILES string of the molecule is CO[C@H]1[C@@H]2C[C@@H]3[C@H]1[C@@]1(C[C@@H]2OC)OCO[C@@]12[C@@H](OC)[C@H]1[C@@]34[C@@H](OC)CC[C@@]1(C)C=N[C@@H]42. The van der Waals surface area contributed by atoms with Crippen LogP contribution in [0.2, 0.25) is 0 Å². The summed E-state index contributed by atoms with van der Waals surface area (Å²) in [6.45, 7) is 2.66. The van der Waals surface area contributed by atoms with Gasteiger partial charge in [-0.25, -0.2) is 0 Å². The van der Waals surface area contributed by atoms with Crippen LogP contribution in [-0.4, -0.2) is 83.1 Å². The maximum Gasteiger partial charge on any atom is 0.149 e. The number of fused-ring (bicyclic) bond motifs is 1. The van der Waals surface area contributed by atoms with Crippen LogP contribution in [0.25, 0.3) is 0 Å². The Balaban J connectivity index is 1.56. The van der Waals surface area contributed by atoms with Crippen LogP contribution in [0.1, 0.15) is 32.6 Å². The van der Waals surface area contributed by atoms with Crippen LogP contribution in [0.15, 0.2) is 4.99 Å². The number of hydrogen-bond acceptors (Lipinski definition) is 7. The molecule has 0 amide bonds. The highest BCUT2D eigenvalue weighted by molar-refractivity contribution is 5.71. The quantitative estimate of drug-likeness (QED) is 0.676. The second-order valence-corrected chi connectivity index (χ2v) is 11.4. The Morgan fingerprint density at radius 3 is 2.58 bits per heavy atom. The van der Waals surface area contributed by atoms with Crippen molar-refractivity contribution in [3.05, 3.63) is 0 Å². The predicted molar refractivity (Wildman–Crippen MR) is 111 cm³/mol. The zero-order chi connectivity index (χ0) is 21.4. The van der Waals surface area contributed by atoms with Crippen LogP contribution in [0, 0.1) is 34.5 Å². The fourth-order valence-corrected chi connectivity index (χ4v) is 10.7. The Morgan fingerprint density at radius 1 is 1.03 bits per heavy atom. The summed E-state index contributed by atoms with van der Waals surface area (Å²) in [5.74, 6) is 1.28. The van der Waals surface area contributed by atoms with Crippen molar-refractivity contribution in [1.82, 2.24) is 0 Å². The van der Waals surface area contributed by atoms with Gasteiger partial charge in [0.15, 0.2) is 0 Å². The first-order chi connectivity index (χ1) is 15.0. The Kier molecular flexibility index (Phi) is 3.79. The first-order valence-corrected chi connectivity index (χ1v) is 11.9. The average molecular weight is 434 g/mol. The van der Waals surface area contributed by atoms with Crippen molar-refractivity contribution < 1.29 is 28.4 Å². The highest BCUT2D eigenvalue weighted by Crippen LogP contribution is 2.81. The second kappa shape index (κ2) is 5.91. The van der Waals surface area contributed by atoms with Gasteiger partial charge in [-0.15, -0.1) is 0 Å². The van der Waals surface area contributed by atoms with Crippen LogP contribution in [0.5, 0.6) is 0 Å². The van der Waals surface area contributed by atoms with Crippen molar-refractivity contribution in [2.75, 3.05) is 35.2 Å². The standard InChI is InChI=1S/C24H35NO6/c1-21-7-6-15(27-3)23-13-8-12-14(26-2)9-22(16(13)17(12)28-4)24(31-11-30-22,20(23)25-10-21)19(29-5)18(21)23/h10,12-20H,6-9,11H2,1-5H3/t12-,13-,14+,15+,16-,17+,18-,19+,20+,21+,22-,23+,24-/m1/s1.